The second kappa shape index (κ2) is 5.65. The van der Waals surface area contributed by atoms with Crippen LogP contribution < -0.4 is 5.73 Å². The number of rotatable bonds is 4. The Hall–Kier alpha value is -2.17. The Morgan fingerprint density at radius 1 is 1.37 bits per heavy atom. The molecule has 0 saturated heterocycles. The normalized spacial score (nSPS) is 10.6. The minimum atomic E-state index is -0.105. The lowest BCUT2D eigenvalue weighted by atomic mass is 10.1. The average Bonchev–Trinajstić information content (AvgIpc) is 2.78. The number of aromatic nitrogens is 3. The third-order valence-corrected chi connectivity index (χ3v) is 3.00. The van der Waals surface area contributed by atoms with E-state index >= 15 is 0 Å². The van der Waals surface area contributed by atoms with Gasteiger partial charge in [-0.1, -0.05) is 37.6 Å². The van der Waals surface area contributed by atoms with E-state index in [1.165, 1.54) is 4.68 Å². The first-order valence-electron chi connectivity index (χ1n) is 6.45. The minimum absolute atomic E-state index is 0.105. The maximum atomic E-state index is 11.9. The van der Waals surface area contributed by atoms with Crippen LogP contribution in [-0.2, 0) is 0 Å². The van der Waals surface area contributed by atoms with Crippen LogP contribution in [0.4, 0.5) is 5.95 Å². The van der Waals surface area contributed by atoms with E-state index in [4.69, 9.17) is 5.73 Å². The van der Waals surface area contributed by atoms with E-state index in [0.717, 1.165) is 24.0 Å². The maximum absolute atomic E-state index is 11.9. The highest BCUT2D eigenvalue weighted by molar-refractivity contribution is 5.81. The summed E-state index contributed by atoms with van der Waals surface area (Å²) in [7, 11) is 0. The van der Waals surface area contributed by atoms with Crippen LogP contribution in [0, 0.1) is 6.92 Å². The predicted molar refractivity (Wildman–Crippen MR) is 74.8 cm³/mol. The second-order valence-corrected chi connectivity index (χ2v) is 4.52. The summed E-state index contributed by atoms with van der Waals surface area (Å²) in [5.74, 6) is 0.548. The quantitative estimate of drug-likeness (QED) is 0.915. The van der Waals surface area contributed by atoms with Gasteiger partial charge in [0, 0.05) is 12.0 Å². The number of hydrogen-bond donors (Lipinski definition) is 1. The maximum Gasteiger partial charge on any atom is 0.250 e. The molecule has 0 aliphatic heterocycles. The minimum Gasteiger partial charge on any atom is -0.368 e. The van der Waals surface area contributed by atoms with Crippen LogP contribution in [-0.4, -0.2) is 20.7 Å². The van der Waals surface area contributed by atoms with Crippen LogP contribution in [0.5, 0.6) is 0 Å². The summed E-state index contributed by atoms with van der Waals surface area (Å²) in [6.45, 7) is 4.02. The number of hydrogen-bond acceptors (Lipinski definition) is 4. The fourth-order valence-corrected chi connectivity index (χ4v) is 1.88. The number of anilines is 1. The molecular weight excluding hydrogens is 240 g/mol. The van der Waals surface area contributed by atoms with Crippen molar-refractivity contribution in [1.82, 2.24) is 14.8 Å². The first-order valence-corrected chi connectivity index (χ1v) is 6.45. The van der Waals surface area contributed by atoms with Gasteiger partial charge in [-0.15, -0.1) is 5.10 Å². The average molecular weight is 258 g/mol. The van der Waals surface area contributed by atoms with Crippen molar-refractivity contribution in [3.05, 3.63) is 29.8 Å². The first kappa shape index (κ1) is 13.3. The second-order valence-electron chi connectivity index (χ2n) is 4.52. The van der Waals surface area contributed by atoms with Crippen molar-refractivity contribution in [3.63, 3.8) is 0 Å². The monoisotopic (exact) mass is 258 g/mol. The zero-order valence-corrected chi connectivity index (χ0v) is 11.3. The Morgan fingerprint density at radius 2 is 2.11 bits per heavy atom. The molecule has 0 aliphatic carbocycles. The highest BCUT2D eigenvalue weighted by Gasteiger charge is 2.15. The molecule has 2 aromatic rings. The largest absolute Gasteiger partial charge is 0.368 e. The molecule has 0 spiro atoms. The summed E-state index contributed by atoms with van der Waals surface area (Å²) in [6, 6.07) is 7.76. The van der Waals surface area contributed by atoms with Crippen molar-refractivity contribution in [3.8, 4) is 11.4 Å². The summed E-state index contributed by atoms with van der Waals surface area (Å²) >= 11 is 0. The first-order chi connectivity index (χ1) is 9.13. The molecule has 0 radical (unpaired) electrons. The SMILES string of the molecule is CCCCC(=O)n1nc(-c2ccccc2C)nc1N. The van der Waals surface area contributed by atoms with Gasteiger partial charge in [0.25, 0.3) is 0 Å². The van der Waals surface area contributed by atoms with E-state index < -0.39 is 0 Å². The van der Waals surface area contributed by atoms with Gasteiger partial charge in [-0.25, -0.2) is 0 Å². The van der Waals surface area contributed by atoms with Gasteiger partial charge >= 0.3 is 0 Å². The number of nitrogen functional groups attached to an aromatic ring is 1. The standard InChI is InChI=1S/C14H18N4O/c1-3-4-9-12(19)18-14(15)16-13(17-18)11-8-6-5-7-10(11)2/h5-8H,3-4,9H2,1-2H3,(H2,15,16,17). The van der Waals surface area contributed by atoms with Crippen molar-refractivity contribution in [2.24, 2.45) is 0 Å². The van der Waals surface area contributed by atoms with Gasteiger partial charge in [0.05, 0.1) is 0 Å². The van der Waals surface area contributed by atoms with E-state index in [1.807, 2.05) is 38.1 Å². The summed E-state index contributed by atoms with van der Waals surface area (Å²) in [4.78, 5) is 16.1. The van der Waals surface area contributed by atoms with E-state index in [2.05, 4.69) is 10.1 Å². The predicted octanol–water partition coefficient (Wildman–Crippen LogP) is 2.67. The van der Waals surface area contributed by atoms with Crippen molar-refractivity contribution >= 4 is 11.9 Å². The molecular formula is C14H18N4O. The molecule has 0 amide bonds. The Balaban J connectivity index is 2.31. The lowest BCUT2D eigenvalue weighted by Crippen LogP contribution is -2.14. The molecule has 0 fully saturated rings. The zero-order valence-electron chi connectivity index (χ0n) is 11.3. The van der Waals surface area contributed by atoms with Crippen molar-refractivity contribution in [1.29, 1.82) is 0 Å². The molecule has 0 saturated carbocycles. The summed E-state index contributed by atoms with van der Waals surface area (Å²) in [5, 5.41) is 4.22. The fraction of sp³-hybridized carbons (Fsp3) is 0.357. The Labute approximate surface area is 112 Å². The molecule has 1 heterocycles. The summed E-state index contributed by atoms with van der Waals surface area (Å²) < 4.78 is 1.21. The smallest absolute Gasteiger partial charge is 0.250 e. The number of nitrogens with two attached hydrogens (primary N) is 1. The molecule has 0 atom stereocenters. The molecule has 0 unspecified atom stereocenters. The molecule has 2 rings (SSSR count). The third kappa shape index (κ3) is 2.81. The molecule has 1 aromatic carbocycles. The number of unbranched alkanes of at least 4 members (excludes halogenated alkanes) is 1. The van der Waals surface area contributed by atoms with E-state index in [0.29, 0.717) is 12.2 Å². The zero-order chi connectivity index (χ0) is 13.8. The molecule has 0 bridgehead atoms. The van der Waals surface area contributed by atoms with Crippen molar-refractivity contribution in [2.75, 3.05) is 5.73 Å². The number of aryl methyl sites for hydroxylation is 1. The van der Waals surface area contributed by atoms with E-state index in [-0.39, 0.29) is 11.9 Å². The number of nitrogens with zero attached hydrogens (tertiary/aromatic N) is 3. The lowest BCUT2D eigenvalue weighted by Gasteiger charge is -2.00. The molecule has 0 aliphatic rings. The van der Waals surface area contributed by atoms with Gasteiger partial charge < -0.3 is 5.73 Å². The highest BCUT2D eigenvalue weighted by atomic mass is 16.2. The van der Waals surface area contributed by atoms with Gasteiger partial charge in [0.1, 0.15) is 0 Å². The van der Waals surface area contributed by atoms with Gasteiger partial charge in [0.15, 0.2) is 5.82 Å². The number of benzene rings is 1. The van der Waals surface area contributed by atoms with Crippen LogP contribution >= 0.6 is 0 Å². The third-order valence-electron chi connectivity index (χ3n) is 3.00. The fourth-order valence-electron chi connectivity index (χ4n) is 1.88. The Kier molecular flexibility index (Phi) is 3.94. The molecule has 19 heavy (non-hydrogen) atoms. The van der Waals surface area contributed by atoms with Gasteiger partial charge in [0.2, 0.25) is 11.9 Å². The molecule has 2 N–H and O–H groups in total. The lowest BCUT2D eigenvalue weighted by molar-refractivity contribution is 0.0887. The topological polar surface area (TPSA) is 73.8 Å². The van der Waals surface area contributed by atoms with Gasteiger partial charge in [-0.05, 0) is 18.9 Å². The molecule has 100 valence electrons. The van der Waals surface area contributed by atoms with Crippen LogP contribution in [0.1, 0.15) is 36.5 Å². The van der Waals surface area contributed by atoms with E-state index in [9.17, 15) is 4.79 Å². The Bertz CT molecular complexity index is 589. The van der Waals surface area contributed by atoms with Crippen LogP contribution in [0.25, 0.3) is 11.4 Å². The van der Waals surface area contributed by atoms with Crippen LogP contribution in [0.3, 0.4) is 0 Å². The van der Waals surface area contributed by atoms with Gasteiger partial charge in [-0.2, -0.15) is 9.67 Å². The van der Waals surface area contributed by atoms with Crippen molar-refractivity contribution in [2.45, 2.75) is 33.1 Å². The summed E-state index contributed by atoms with van der Waals surface area (Å²) in [6.07, 6.45) is 2.24. The van der Waals surface area contributed by atoms with Crippen molar-refractivity contribution < 1.29 is 4.79 Å². The number of carbonyl (C=O) groups excluding carboxylic acids is 1. The van der Waals surface area contributed by atoms with Crippen LogP contribution in [0.15, 0.2) is 24.3 Å². The van der Waals surface area contributed by atoms with E-state index in [1.54, 1.807) is 0 Å². The molecule has 5 heteroatoms. The Morgan fingerprint density at radius 3 is 2.79 bits per heavy atom. The van der Waals surface area contributed by atoms with Crippen LogP contribution in [0.2, 0.25) is 0 Å². The molecule has 5 nitrogen and oxygen atoms in total. The van der Waals surface area contributed by atoms with Gasteiger partial charge in [-0.3, -0.25) is 4.79 Å². The number of carbonyl (C=O) groups is 1. The highest BCUT2D eigenvalue weighted by Crippen LogP contribution is 2.20. The molecule has 1 aromatic heterocycles. The summed E-state index contributed by atoms with van der Waals surface area (Å²) in [5.41, 5.74) is 7.73.